The van der Waals surface area contributed by atoms with Gasteiger partial charge in [0.15, 0.2) is 5.13 Å². The number of nitrogens with one attached hydrogen (secondary N) is 1. The van der Waals surface area contributed by atoms with E-state index in [4.69, 9.17) is 4.74 Å². The number of nitrogens with zero attached hydrogens (tertiary/aromatic N) is 3. The molecular formula is C22H26N4O5S2. The number of aromatic nitrogens is 1. The number of anilines is 1. The van der Waals surface area contributed by atoms with E-state index < -0.39 is 11.5 Å². The summed E-state index contributed by atoms with van der Waals surface area (Å²) in [6.07, 6.45) is 2.60. The monoisotopic (exact) mass is 490 g/mol. The van der Waals surface area contributed by atoms with Crippen LogP contribution in [-0.2, 0) is 9.59 Å². The number of carbonyl (C=O) groups is 3. The van der Waals surface area contributed by atoms with Gasteiger partial charge in [0.25, 0.3) is 11.8 Å². The van der Waals surface area contributed by atoms with Crippen LogP contribution in [0.5, 0.6) is 5.75 Å². The van der Waals surface area contributed by atoms with Gasteiger partial charge < -0.3 is 19.6 Å². The van der Waals surface area contributed by atoms with Crippen molar-refractivity contribution in [3.05, 3.63) is 29.5 Å². The fourth-order valence-corrected chi connectivity index (χ4v) is 5.47. The number of hydrogen-bond acceptors (Lipinski definition) is 8. The van der Waals surface area contributed by atoms with Crippen molar-refractivity contribution in [3.8, 4) is 5.75 Å². The Morgan fingerprint density at radius 1 is 1.18 bits per heavy atom. The van der Waals surface area contributed by atoms with E-state index in [-0.39, 0.29) is 11.8 Å². The van der Waals surface area contributed by atoms with Crippen molar-refractivity contribution >= 4 is 46.0 Å². The number of amides is 3. The Morgan fingerprint density at radius 2 is 1.85 bits per heavy atom. The molecule has 0 unspecified atom stereocenters. The van der Waals surface area contributed by atoms with Gasteiger partial charge >= 0.3 is 0 Å². The van der Waals surface area contributed by atoms with Crippen molar-refractivity contribution in [2.45, 2.75) is 41.4 Å². The van der Waals surface area contributed by atoms with Crippen molar-refractivity contribution in [1.29, 1.82) is 0 Å². The number of thiazole rings is 1. The van der Waals surface area contributed by atoms with Crippen molar-refractivity contribution in [1.82, 2.24) is 14.8 Å². The van der Waals surface area contributed by atoms with Crippen LogP contribution in [0.3, 0.4) is 0 Å². The van der Waals surface area contributed by atoms with Gasteiger partial charge in [0.05, 0.1) is 23.1 Å². The quantitative estimate of drug-likeness (QED) is 0.639. The molecule has 2 aromatic rings. The lowest BCUT2D eigenvalue weighted by Crippen LogP contribution is -2.50. The van der Waals surface area contributed by atoms with E-state index in [1.165, 1.54) is 37.1 Å². The molecule has 4 rings (SSSR count). The first-order chi connectivity index (χ1) is 15.7. The fourth-order valence-electron chi connectivity index (χ4n) is 3.53. The highest BCUT2D eigenvalue weighted by Gasteiger charge is 2.48. The summed E-state index contributed by atoms with van der Waals surface area (Å²) < 4.78 is 6.33. The lowest BCUT2D eigenvalue weighted by Gasteiger charge is -2.34. The Morgan fingerprint density at radius 3 is 2.45 bits per heavy atom. The predicted octanol–water partition coefficient (Wildman–Crippen LogP) is 2.38. The van der Waals surface area contributed by atoms with Crippen LogP contribution < -0.4 is 10.1 Å². The molecule has 2 fully saturated rings. The number of piperazine rings is 1. The number of aryl methyl sites for hydroxylation is 1. The van der Waals surface area contributed by atoms with Gasteiger partial charge in [-0.3, -0.25) is 19.7 Å². The zero-order chi connectivity index (χ0) is 23.8. The molecule has 1 aliphatic heterocycles. The summed E-state index contributed by atoms with van der Waals surface area (Å²) in [5.41, 5.74) is 0.161. The van der Waals surface area contributed by atoms with E-state index in [0.717, 1.165) is 14.7 Å². The molecule has 2 aliphatic rings. The summed E-state index contributed by atoms with van der Waals surface area (Å²) in [5, 5.41) is 13.0. The maximum Gasteiger partial charge on any atom is 0.258 e. The van der Waals surface area contributed by atoms with E-state index in [0.29, 0.717) is 55.5 Å². The Balaban J connectivity index is 1.49. The zero-order valence-corrected chi connectivity index (χ0v) is 20.3. The van der Waals surface area contributed by atoms with Crippen LogP contribution in [0.1, 0.15) is 35.7 Å². The molecule has 1 aliphatic carbocycles. The molecule has 9 nitrogen and oxygen atoms in total. The van der Waals surface area contributed by atoms with E-state index in [1.54, 1.807) is 16.0 Å². The first kappa shape index (κ1) is 23.5. The van der Waals surface area contributed by atoms with Gasteiger partial charge in [-0.1, -0.05) is 23.1 Å². The van der Waals surface area contributed by atoms with E-state index in [9.17, 15) is 19.5 Å². The Hall–Kier alpha value is -2.63. The highest BCUT2D eigenvalue weighted by molar-refractivity contribution is 8.01. The largest absolute Gasteiger partial charge is 0.496 e. The van der Waals surface area contributed by atoms with Gasteiger partial charge in [-0.05, 0) is 37.5 Å². The number of methoxy groups -OCH3 is 1. The molecular weight excluding hydrogens is 464 g/mol. The number of carbonyl (C=O) groups excluding carboxylic acids is 3. The third-order valence-electron chi connectivity index (χ3n) is 5.80. The predicted molar refractivity (Wildman–Crippen MR) is 125 cm³/mol. The molecule has 1 saturated carbocycles. The second-order valence-electron chi connectivity index (χ2n) is 8.19. The van der Waals surface area contributed by atoms with Gasteiger partial charge in [0.1, 0.15) is 11.4 Å². The minimum absolute atomic E-state index is 0.0140. The van der Waals surface area contributed by atoms with Crippen LogP contribution in [-0.4, -0.2) is 76.5 Å². The van der Waals surface area contributed by atoms with Crippen LogP contribution in [0.2, 0.25) is 0 Å². The molecule has 33 heavy (non-hydrogen) atoms. The van der Waals surface area contributed by atoms with Crippen LogP contribution >= 0.6 is 23.1 Å². The second-order valence-corrected chi connectivity index (χ2v) is 10.6. The fraction of sp³-hybridized carbons (Fsp3) is 0.455. The van der Waals surface area contributed by atoms with Crippen LogP contribution in [0.15, 0.2) is 27.4 Å². The summed E-state index contributed by atoms with van der Waals surface area (Å²) in [6.45, 7) is 5.46. The normalized spacial score (nSPS) is 17.0. The standard InChI is InChI=1S/C22H26N4O5S2/c1-13-10-16(31-3)15(19(28)26-8-6-25(7-9-26)14(2)27)11-17(13)32-18-12-23-21(33-18)24-20(29)22(30)4-5-22/h10-12,30H,4-9H2,1-3H3,(H,23,24,29). The molecule has 0 atom stereocenters. The zero-order valence-electron chi connectivity index (χ0n) is 18.7. The highest BCUT2D eigenvalue weighted by Crippen LogP contribution is 2.40. The maximum atomic E-state index is 13.2. The molecule has 0 spiro atoms. The minimum Gasteiger partial charge on any atom is -0.496 e. The number of benzene rings is 1. The Labute approximate surface area is 200 Å². The van der Waals surface area contributed by atoms with Gasteiger partial charge in [-0.25, -0.2) is 4.98 Å². The molecule has 11 heteroatoms. The van der Waals surface area contributed by atoms with Crippen molar-refractivity contribution in [2.75, 3.05) is 38.6 Å². The first-order valence-electron chi connectivity index (χ1n) is 10.6. The maximum absolute atomic E-state index is 13.2. The number of aliphatic hydroxyl groups is 1. The lowest BCUT2D eigenvalue weighted by atomic mass is 10.1. The molecule has 1 aromatic carbocycles. The molecule has 2 N–H and O–H groups in total. The van der Waals surface area contributed by atoms with Crippen molar-refractivity contribution in [3.63, 3.8) is 0 Å². The summed E-state index contributed by atoms with van der Waals surface area (Å²) >= 11 is 2.76. The Kier molecular flexibility index (Phi) is 6.64. The van der Waals surface area contributed by atoms with Gasteiger partial charge in [0.2, 0.25) is 5.91 Å². The number of ether oxygens (including phenoxy) is 1. The van der Waals surface area contributed by atoms with Gasteiger partial charge in [0, 0.05) is 38.0 Å². The van der Waals surface area contributed by atoms with E-state index in [2.05, 4.69) is 10.3 Å². The van der Waals surface area contributed by atoms with Gasteiger partial charge in [-0.2, -0.15) is 0 Å². The highest BCUT2D eigenvalue weighted by atomic mass is 32.2. The first-order valence-corrected chi connectivity index (χ1v) is 12.2. The summed E-state index contributed by atoms with van der Waals surface area (Å²) in [5.74, 6) is -0.0375. The molecule has 0 bridgehead atoms. The van der Waals surface area contributed by atoms with E-state index in [1.807, 2.05) is 19.1 Å². The summed E-state index contributed by atoms with van der Waals surface area (Å²) in [7, 11) is 1.54. The molecule has 1 aromatic heterocycles. The summed E-state index contributed by atoms with van der Waals surface area (Å²) in [4.78, 5) is 45.4. The third kappa shape index (κ3) is 5.15. The van der Waals surface area contributed by atoms with E-state index >= 15 is 0 Å². The number of hydrogen-bond donors (Lipinski definition) is 2. The molecule has 176 valence electrons. The molecule has 2 heterocycles. The second kappa shape index (κ2) is 9.32. The molecule has 1 saturated heterocycles. The number of rotatable bonds is 6. The van der Waals surface area contributed by atoms with Crippen molar-refractivity contribution < 1.29 is 24.2 Å². The Bertz CT molecular complexity index is 1090. The van der Waals surface area contributed by atoms with Crippen LogP contribution in [0.4, 0.5) is 5.13 Å². The van der Waals surface area contributed by atoms with Gasteiger partial charge in [-0.15, -0.1) is 0 Å². The summed E-state index contributed by atoms with van der Waals surface area (Å²) in [6, 6.07) is 3.66. The van der Waals surface area contributed by atoms with Crippen LogP contribution in [0, 0.1) is 6.92 Å². The smallest absolute Gasteiger partial charge is 0.258 e. The topological polar surface area (TPSA) is 112 Å². The molecule has 3 amide bonds. The minimum atomic E-state index is -1.25. The average Bonchev–Trinajstić information content (AvgIpc) is 3.41. The van der Waals surface area contributed by atoms with Crippen molar-refractivity contribution in [2.24, 2.45) is 0 Å². The lowest BCUT2D eigenvalue weighted by molar-refractivity contribution is -0.130. The average molecular weight is 491 g/mol. The SMILES string of the molecule is COc1cc(C)c(Sc2cnc(NC(=O)C3(O)CC3)s2)cc1C(=O)N1CCN(C(C)=O)CC1. The molecule has 0 radical (unpaired) electrons. The third-order valence-corrected chi connectivity index (χ3v) is 7.98. The van der Waals surface area contributed by atoms with Crippen LogP contribution in [0.25, 0.3) is 0 Å².